The summed E-state index contributed by atoms with van der Waals surface area (Å²) in [5.41, 5.74) is 9.27. The van der Waals surface area contributed by atoms with Gasteiger partial charge in [0, 0.05) is 19.8 Å². The lowest BCUT2D eigenvalue weighted by atomic mass is 10.2. The van der Waals surface area contributed by atoms with Crippen LogP contribution in [0.15, 0.2) is 18.2 Å². The molecule has 0 aliphatic carbocycles. The van der Waals surface area contributed by atoms with E-state index in [2.05, 4.69) is 41.6 Å². The highest BCUT2D eigenvalue weighted by molar-refractivity contribution is 5.79. The molecule has 2 N–H and O–H groups in total. The first-order valence-corrected chi connectivity index (χ1v) is 7.02. The van der Waals surface area contributed by atoms with Crippen LogP contribution in [0.1, 0.15) is 31.7 Å². The van der Waals surface area contributed by atoms with E-state index in [1.807, 2.05) is 0 Å². The van der Waals surface area contributed by atoms with E-state index in [4.69, 9.17) is 10.5 Å². The molecule has 0 aliphatic rings. The predicted octanol–water partition coefficient (Wildman–Crippen LogP) is 3.13. The highest BCUT2D eigenvalue weighted by atomic mass is 16.5. The van der Waals surface area contributed by atoms with Gasteiger partial charge in [0.05, 0.1) is 11.0 Å². The van der Waals surface area contributed by atoms with Crippen molar-refractivity contribution in [3.05, 3.63) is 23.8 Å². The summed E-state index contributed by atoms with van der Waals surface area (Å²) in [7, 11) is 0. The third-order valence-corrected chi connectivity index (χ3v) is 3.25. The number of imidazole rings is 1. The smallest absolute Gasteiger partial charge is 0.201 e. The fourth-order valence-electron chi connectivity index (χ4n) is 2.17. The molecule has 2 rings (SSSR count). The van der Waals surface area contributed by atoms with E-state index in [9.17, 15) is 0 Å². The van der Waals surface area contributed by atoms with Crippen molar-refractivity contribution in [1.29, 1.82) is 0 Å². The minimum Gasteiger partial charge on any atom is -0.381 e. The summed E-state index contributed by atoms with van der Waals surface area (Å²) in [6.45, 7) is 6.73. The van der Waals surface area contributed by atoms with Crippen LogP contribution in [-0.2, 0) is 11.3 Å². The number of nitrogen functional groups attached to an aromatic ring is 1. The van der Waals surface area contributed by atoms with Crippen molar-refractivity contribution in [2.45, 2.75) is 39.7 Å². The van der Waals surface area contributed by atoms with Gasteiger partial charge in [0.25, 0.3) is 0 Å². The number of ether oxygens (including phenoxy) is 1. The molecule has 0 saturated heterocycles. The monoisotopic (exact) mass is 261 g/mol. The number of anilines is 1. The summed E-state index contributed by atoms with van der Waals surface area (Å²) in [6.07, 6.45) is 3.28. The van der Waals surface area contributed by atoms with Crippen LogP contribution in [0.2, 0.25) is 0 Å². The highest BCUT2D eigenvalue weighted by Gasteiger charge is 2.07. The van der Waals surface area contributed by atoms with Crippen molar-refractivity contribution in [2.75, 3.05) is 18.9 Å². The zero-order valence-electron chi connectivity index (χ0n) is 11.9. The highest BCUT2D eigenvalue weighted by Crippen LogP contribution is 2.19. The molecule has 1 aromatic heterocycles. The molecule has 4 nitrogen and oxygen atoms in total. The quantitative estimate of drug-likeness (QED) is 0.779. The van der Waals surface area contributed by atoms with Crippen LogP contribution in [0, 0.1) is 6.92 Å². The van der Waals surface area contributed by atoms with Gasteiger partial charge in [-0.05, 0) is 37.5 Å². The van der Waals surface area contributed by atoms with Crippen molar-refractivity contribution in [3.63, 3.8) is 0 Å². The molecule has 0 bridgehead atoms. The zero-order valence-corrected chi connectivity index (χ0v) is 11.9. The molecule has 0 radical (unpaired) electrons. The van der Waals surface area contributed by atoms with E-state index in [-0.39, 0.29) is 0 Å². The van der Waals surface area contributed by atoms with Crippen molar-refractivity contribution in [1.82, 2.24) is 9.55 Å². The number of unbranched alkanes of at least 4 members (excludes halogenated alkanes) is 1. The second-order valence-electron chi connectivity index (χ2n) is 4.93. The Kier molecular flexibility index (Phi) is 4.80. The lowest BCUT2D eigenvalue weighted by Gasteiger charge is -2.07. The number of benzene rings is 1. The molecular weight excluding hydrogens is 238 g/mol. The van der Waals surface area contributed by atoms with Gasteiger partial charge in [-0.2, -0.15) is 0 Å². The number of rotatable bonds is 7. The van der Waals surface area contributed by atoms with Crippen molar-refractivity contribution < 1.29 is 4.74 Å². The lowest BCUT2D eigenvalue weighted by molar-refractivity contribution is 0.126. The van der Waals surface area contributed by atoms with Gasteiger partial charge in [0.1, 0.15) is 0 Å². The molecule has 1 aromatic carbocycles. The molecule has 0 saturated carbocycles. The third kappa shape index (κ3) is 3.47. The molecule has 0 fully saturated rings. The molecule has 4 heteroatoms. The molecule has 0 atom stereocenters. The molecule has 0 amide bonds. The average Bonchev–Trinajstić information content (AvgIpc) is 2.69. The Labute approximate surface area is 114 Å². The number of aryl methyl sites for hydroxylation is 2. The molecule has 0 aliphatic heterocycles. The number of hydrogen-bond donors (Lipinski definition) is 1. The summed E-state index contributed by atoms with van der Waals surface area (Å²) < 4.78 is 7.64. The maximum Gasteiger partial charge on any atom is 0.201 e. The largest absolute Gasteiger partial charge is 0.381 e. The van der Waals surface area contributed by atoms with Gasteiger partial charge in [-0.15, -0.1) is 0 Å². The average molecular weight is 261 g/mol. The van der Waals surface area contributed by atoms with Crippen molar-refractivity contribution in [2.24, 2.45) is 0 Å². The van der Waals surface area contributed by atoms with Crippen LogP contribution in [0.4, 0.5) is 5.95 Å². The first-order valence-electron chi connectivity index (χ1n) is 7.02. The van der Waals surface area contributed by atoms with Gasteiger partial charge in [0.15, 0.2) is 0 Å². The summed E-state index contributed by atoms with van der Waals surface area (Å²) in [5.74, 6) is 0.592. The van der Waals surface area contributed by atoms with Crippen LogP contribution >= 0.6 is 0 Å². The Hall–Kier alpha value is -1.55. The number of nitrogens with zero attached hydrogens (tertiary/aromatic N) is 2. The number of fused-ring (bicyclic) bond motifs is 1. The van der Waals surface area contributed by atoms with Crippen LogP contribution in [-0.4, -0.2) is 22.8 Å². The summed E-state index contributed by atoms with van der Waals surface area (Å²) in [6, 6.07) is 6.25. The minimum absolute atomic E-state index is 0.592. The summed E-state index contributed by atoms with van der Waals surface area (Å²) in [4.78, 5) is 4.40. The van der Waals surface area contributed by atoms with Gasteiger partial charge in [-0.3, -0.25) is 0 Å². The van der Waals surface area contributed by atoms with Gasteiger partial charge in [-0.25, -0.2) is 4.98 Å². The Morgan fingerprint density at radius 1 is 1.26 bits per heavy atom. The van der Waals surface area contributed by atoms with Crippen molar-refractivity contribution >= 4 is 17.0 Å². The molecule has 19 heavy (non-hydrogen) atoms. The second kappa shape index (κ2) is 6.57. The van der Waals surface area contributed by atoms with E-state index in [0.717, 1.165) is 43.6 Å². The Morgan fingerprint density at radius 2 is 2.05 bits per heavy atom. The number of nitrogens with two attached hydrogens (primary N) is 1. The van der Waals surface area contributed by atoms with E-state index < -0.39 is 0 Å². The van der Waals surface area contributed by atoms with Crippen molar-refractivity contribution in [3.8, 4) is 0 Å². The molecule has 0 spiro atoms. The maximum absolute atomic E-state index is 5.98. The van der Waals surface area contributed by atoms with E-state index in [0.29, 0.717) is 5.95 Å². The lowest BCUT2D eigenvalue weighted by Crippen LogP contribution is -2.06. The van der Waals surface area contributed by atoms with Crippen LogP contribution < -0.4 is 5.73 Å². The third-order valence-electron chi connectivity index (χ3n) is 3.25. The summed E-state index contributed by atoms with van der Waals surface area (Å²) in [5, 5.41) is 0. The minimum atomic E-state index is 0.592. The van der Waals surface area contributed by atoms with Gasteiger partial charge >= 0.3 is 0 Å². The second-order valence-corrected chi connectivity index (χ2v) is 4.93. The van der Waals surface area contributed by atoms with Crippen LogP contribution in [0.5, 0.6) is 0 Å². The Morgan fingerprint density at radius 3 is 2.84 bits per heavy atom. The maximum atomic E-state index is 5.98. The van der Waals surface area contributed by atoms with Crippen LogP contribution in [0.25, 0.3) is 11.0 Å². The van der Waals surface area contributed by atoms with E-state index >= 15 is 0 Å². The standard InChI is InChI=1S/C15H23N3O/c1-3-4-9-19-10-5-8-18-14-7-6-12(2)11-13(14)17-15(18)16/h6-7,11H,3-5,8-10H2,1-2H3,(H2,16,17). The van der Waals surface area contributed by atoms with E-state index in [1.165, 1.54) is 12.0 Å². The van der Waals surface area contributed by atoms with E-state index in [1.54, 1.807) is 0 Å². The fourth-order valence-corrected chi connectivity index (χ4v) is 2.17. The molecule has 2 aromatic rings. The molecule has 104 valence electrons. The topological polar surface area (TPSA) is 53.1 Å². The molecule has 1 heterocycles. The SMILES string of the molecule is CCCCOCCCn1c(N)nc2cc(C)ccc21. The fraction of sp³-hybridized carbons (Fsp3) is 0.533. The Balaban J connectivity index is 1.95. The van der Waals surface area contributed by atoms with Gasteiger partial charge in [-0.1, -0.05) is 19.4 Å². The first kappa shape index (κ1) is 13.9. The van der Waals surface area contributed by atoms with Gasteiger partial charge in [0.2, 0.25) is 5.95 Å². The Bertz CT molecular complexity index is 533. The molecule has 0 unspecified atom stereocenters. The first-order chi connectivity index (χ1) is 9.22. The van der Waals surface area contributed by atoms with Gasteiger partial charge < -0.3 is 15.0 Å². The normalized spacial score (nSPS) is 11.3. The van der Waals surface area contributed by atoms with Crippen LogP contribution in [0.3, 0.4) is 0 Å². The number of aromatic nitrogens is 2. The zero-order chi connectivity index (χ0) is 13.7. The predicted molar refractivity (Wildman–Crippen MR) is 79.2 cm³/mol. The molecular formula is C15H23N3O. The number of hydrogen-bond acceptors (Lipinski definition) is 3. The summed E-state index contributed by atoms with van der Waals surface area (Å²) >= 11 is 0.